The molecular formula is C19H22FN5O5. The van der Waals surface area contributed by atoms with Crippen molar-refractivity contribution in [2.24, 2.45) is 0 Å². The zero-order valence-corrected chi connectivity index (χ0v) is 16.4. The lowest BCUT2D eigenvalue weighted by Crippen LogP contribution is -2.58. The van der Waals surface area contributed by atoms with Gasteiger partial charge < -0.3 is 24.9 Å². The van der Waals surface area contributed by atoms with Crippen LogP contribution in [0.2, 0.25) is 0 Å². The fraction of sp³-hybridized carbons (Fsp3) is 0.474. The highest BCUT2D eigenvalue weighted by Crippen LogP contribution is 2.32. The van der Waals surface area contributed by atoms with E-state index in [0.29, 0.717) is 39.1 Å². The molecule has 0 saturated carbocycles. The molecule has 1 aromatic heterocycles. The van der Waals surface area contributed by atoms with E-state index in [1.807, 2.05) is 6.92 Å². The first-order chi connectivity index (χ1) is 14.2. The fourth-order valence-corrected chi connectivity index (χ4v) is 4.22. The summed E-state index contributed by atoms with van der Waals surface area (Å²) in [7, 11) is 0. The second-order valence-electron chi connectivity index (χ2n) is 8.01. The van der Waals surface area contributed by atoms with E-state index in [4.69, 9.17) is 4.74 Å². The van der Waals surface area contributed by atoms with Gasteiger partial charge in [-0.2, -0.15) is 0 Å². The van der Waals surface area contributed by atoms with Gasteiger partial charge in [0, 0.05) is 31.2 Å². The minimum atomic E-state index is -0.975. The molecule has 3 heterocycles. The van der Waals surface area contributed by atoms with Gasteiger partial charge in [-0.05, 0) is 36.0 Å². The second-order valence-corrected chi connectivity index (χ2v) is 8.01. The number of piperazine rings is 1. The van der Waals surface area contributed by atoms with Crippen LogP contribution in [-0.4, -0.2) is 73.3 Å². The number of nitro groups is 1. The van der Waals surface area contributed by atoms with Crippen molar-refractivity contribution < 1.29 is 24.0 Å². The Hall–Kier alpha value is -3.21. The maximum absolute atomic E-state index is 13.2. The molecule has 11 heteroatoms. The van der Waals surface area contributed by atoms with E-state index in [0.717, 1.165) is 5.56 Å². The number of rotatable bonds is 5. The average Bonchev–Trinajstić information content (AvgIpc) is 3.18. The van der Waals surface area contributed by atoms with Crippen LogP contribution in [0.1, 0.15) is 12.5 Å². The summed E-state index contributed by atoms with van der Waals surface area (Å²) >= 11 is 0. The number of hydrogen-bond acceptors (Lipinski definition) is 6. The summed E-state index contributed by atoms with van der Waals surface area (Å²) in [4.78, 5) is 29.4. The standard InChI is InChI=1S/C19H22FN5O5/c1-19(12-23-10-16(25(28)29)21-17(23)30-19)11-22-6-7-24(18(26)27)15(9-22)8-13-2-4-14(20)5-3-13/h2-5,10,15H,6-9,11-12H2,1H3,(H,26,27). The number of carboxylic acid groups (broad SMARTS) is 1. The largest absolute Gasteiger partial charge is 0.465 e. The van der Waals surface area contributed by atoms with Gasteiger partial charge in [0.25, 0.3) is 0 Å². The molecule has 0 aliphatic carbocycles. The van der Waals surface area contributed by atoms with Crippen molar-refractivity contribution in [1.29, 1.82) is 0 Å². The number of amides is 1. The number of benzene rings is 1. The number of aromatic nitrogens is 2. The van der Waals surface area contributed by atoms with Crippen molar-refractivity contribution in [3.63, 3.8) is 0 Å². The van der Waals surface area contributed by atoms with Crippen LogP contribution in [0.4, 0.5) is 15.0 Å². The molecule has 1 amide bonds. The van der Waals surface area contributed by atoms with Crippen molar-refractivity contribution >= 4 is 11.9 Å². The minimum Gasteiger partial charge on any atom is -0.465 e. The Morgan fingerprint density at radius 2 is 2.13 bits per heavy atom. The van der Waals surface area contributed by atoms with Crippen molar-refractivity contribution in [3.05, 3.63) is 52.0 Å². The van der Waals surface area contributed by atoms with E-state index >= 15 is 0 Å². The van der Waals surface area contributed by atoms with E-state index in [2.05, 4.69) is 9.88 Å². The summed E-state index contributed by atoms with van der Waals surface area (Å²) in [5, 5.41) is 20.4. The molecule has 10 nitrogen and oxygen atoms in total. The smallest absolute Gasteiger partial charge is 0.415 e. The van der Waals surface area contributed by atoms with Gasteiger partial charge in [0.15, 0.2) is 0 Å². The van der Waals surface area contributed by atoms with Crippen LogP contribution in [0.3, 0.4) is 0 Å². The molecule has 2 aliphatic rings. The topological polar surface area (TPSA) is 114 Å². The molecule has 1 saturated heterocycles. The SMILES string of the molecule is CC1(CN2CCN(C(=O)O)C(Cc3ccc(F)cc3)C2)Cn2cc([N+](=O)[O-])nc2O1. The molecule has 0 bridgehead atoms. The Morgan fingerprint density at radius 3 is 2.77 bits per heavy atom. The summed E-state index contributed by atoms with van der Waals surface area (Å²) in [6.07, 6.45) is 0.867. The molecule has 0 spiro atoms. The minimum absolute atomic E-state index is 0.219. The molecule has 2 atom stereocenters. The highest BCUT2D eigenvalue weighted by atomic mass is 19.1. The Balaban J connectivity index is 1.43. The first-order valence-corrected chi connectivity index (χ1v) is 9.59. The van der Waals surface area contributed by atoms with Crippen molar-refractivity contribution in [3.8, 4) is 6.01 Å². The van der Waals surface area contributed by atoms with Crippen LogP contribution >= 0.6 is 0 Å². The lowest BCUT2D eigenvalue weighted by atomic mass is 10.00. The first-order valence-electron chi connectivity index (χ1n) is 9.59. The predicted octanol–water partition coefficient (Wildman–Crippen LogP) is 1.99. The monoisotopic (exact) mass is 419 g/mol. The quantitative estimate of drug-likeness (QED) is 0.582. The number of nitrogens with zero attached hydrogens (tertiary/aromatic N) is 5. The van der Waals surface area contributed by atoms with Crippen LogP contribution in [0.5, 0.6) is 6.01 Å². The molecule has 1 aromatic carbocycles. The molecule has 2 unspecified atom stereocenters. The number of halogens is 1. The van der Waals surface area contributed by atoms with E-state index < -0.39 is 16.6 Å². The van der Waals surface area contributed by atoms with Gasteiger partial charge in [0.2, 0.25) is 0 Å². The normalized spacial score (nSPS) is 23.8. The van der Waals surface area contributed by atoms with Crippen LogP contribution in [-0.2, 0) is 13.0 Å². The zero-order chi connectivity index (χ0) is 21.5. The molecule has 30 heavy (non-hydrogen) atoms. The molecule has 2 aromatic rings. The maximum Gasteiger partial charge on any atom is 0.415 e. The van der Waals surface area contributed by atoms with Gasteiger partial charge >= 0.3 is 17.9 Å². The molecular weight excluding hydrogens is 397 g/mol. The van der Waals surface area contributed by atoms with E-state index in [1.54, 1.807) is 16.7 Å². The Labute approximate surface area is 171 Å². The van der Waals surface area contributed by atoms with Gasteiger partial charge in [0.1, 0.15) is 17.6 Å². The number of imidazole rings is 1. The van der Waals surface area contributed by atoms with Crippen LogP contribution in [0.25, 0.3) is 0 Å². The van der Waals surface area contributed by atoms with Gasteiger partial charge in [-0.3, -0.25) is 9.47 Å². The molecule has 0 radical (unpaired) electrons. The average molecular weight is 419 g/mol. The summed E-state index contributed by atoms with van der Waals surface area (Å²) in [5.41, 5.74) is 0.244. The summed E-state index contributed by atoms with van der Waals surface area (Å²) in [6.45, 7) is 4.26. The van der Waals surface area contributed by atoms with Gasteiger partial charge in [-0.1, -0.05) is 12.1 Å². The Kier molecular flexibility index (Phi) is 5.06. The molecule has 1 fully saturated rings. The fourth-order valence-electron chi connectivity index (χ4n) is 4.22. The van der Waals surface area contributed by atoms with E-state index in [-0.39, 0.29) is 23.7 Å². The van der Waals surface area contributed by atoms with Crippen LogP contribution < -0.4 is 4.74 Å². The summed E-state index contributed by atoms with van der Waals surface area (Å²) in [5.74, 6) is -0.579. The van der Waals surface area contributed by atoms with E-state index in [9.17, 15) is 24.4 Å². The van der Waals surface area contributed by atoms with Crippen molar-refractivity contribution in [1.82, 2.24) is 19.4 Å². The van der Waals surface area contributed by atoms with E-state index in [1.165, 1.54) is 23.2 Å². The van der Waals surface area contributed by atoms with Gasteiger partial charge in [0.05, 0.1) is 12.6 Å². The molecule has 1 N–H and O–H groups in total. The molecule has 2 aliphatic heterocycles. The molecule has 4 rings (SSSR count). The number of ether oxygens (including phenoxy) is 1. The highest BCUT2D eigenvalue weighted by molar-refractivity contribution is 5.65. The first kappa shape index (κ1) is 20.1. The third-order valence-electron chi connectivity index (χ3n) is 5.51. The summed E-state index contributed by atoms with van der Waals surface area (Å²) < 4.78 is 20.7. The zero-order valence-electron chi connectivity index (χ0n) is 16.4. The lowest BCUT2D eigenvalue weighted by Gasteiger charge is -2.42. The van der Waals surface area contributed by atoms with Crippen LogP contribution in [0.15, 0.2) is 30.5 Å². The van der Waals surface area contributed by atoms with Gasteiger partial charge in [-0.25, -0.2) is 9.18 Å². The van der Waals surface area contributed by atoms with Crippen molar-refractivity contribution in [2.75, 3.05) is 26.2 Å². The predicted molar refractivity (Wildman–Crippen MR) is 103 cm³/mol. The lowest BCUT2D eigenvalue weighted by molar-refractivity contribution is -0.389. The number of fused-ring (bicyclic) bond motifs is 1. The Morgan fingerprint density at radius 1 is 1.40 bits per heavy atom. The number of hydrogen-bond donors (Lipinski definition) is 1. The molecule has 160 valence electrons. The Bertz CT molecular complexity index is 939. The second kappa shape index (κ2) is 7.56. The summed E-state index contributed by atoms with van der Waals surface area (Å²) in [6, 6.07) is 6.02. The third kappa shape index (κ3) is 4.06. The highest BCUT2D eigenvalue weighted by Gasteiger charge is 2.43. The maximum atomic E-state index is 13.2. The third-order valence-corrected chi connectivity index (χ3v) is 5.51. The van der Waals surface area contributed by atoms with Crippen molar-refractivity contribution in [2.45, 2.75) is 31.5 Å². The van der Waals surface area contributed by atoms with Crippen LogP contribution in [0, 0.1) is 15.9 Å². The number of carbonyl (C=O) groups is 1. The van der Waals surface area contributed by atoms with Gasteiger partial charge in [-0.15, -0.1) is 0 Å².